The van der Waals surface area contributed by atoms with Crippen molar-refractivity contribution < 1.29 is 5.11 Å². The first-order chi connectivity index (χ1) is 4.68. The molecule has 0 atom stereocenters. The Labute approximate surface area is 64.5 Å². The average molecular weight is 142 g/mol. The van der Waals surface area contributed by atoms with Crippen LogP contribution in [0.1, 0.15) is 34.1 Å². The van der Waals surface area contributed by atoms with Gasteiger partial charge >= 0.3 is 0 Å². The average Bonchev–Trinajstić information content (AvgIpc) is 1.89. The van der Waals surface area contributed by atoms with E-state index in [1.54, 1.807) is 0 Å². The van der Waals surface area contributed by atoms with Crippen molar-refractivity contribution >= 4 is 0 Å². The lowest BCUT2D eigenvalue weighted by Gasteiger charge is -1.95. The van der Waals surface area contributed by atoms with Crippen molar-refractivity contribution in [2.75, 3.05) is 6.61 Å². The summed E-state index contributed by atoms with van der Waals surface area (Å²) in [6, 6.07) is 0. The van der Waals surface area contributed by atoms with Gasteiger partial charge in [-0.3, -0.25) is 0 Å². The Hall–Kier alpha value is -0.480. The van der Waals surface area contributed by atoms with Gasteiger partial charge in [-0.25, -0.2) is 0 Å². The third-order valence-electron chi connectivity index (χ3n) is 0.956. The third-order valence-corrected chi connectivity index (χ3v) is 0.956. The molecule has 1 N–H and O–H groups in total. The van der Waals surface area contributed by atoms with E-state index in [0.717, 1.165) is 6.42 Å². The normalized spacial score (nSPS) is 7.40. The summed E-state index contributed by atoms with van der Waals surface area (Å²) < 4.78 is 0. The van der Waals surface area contributed by atoms with Gasteiger partial charge in [0.1, 0.15) is 0 Å². The molecule has 0 rings (SSSR count). The molecule has 0 unspecified atom stereocenters. The maximum atomic E-state index is 8.24. The standard InChI is InChI=1S/C5H12O.C4H6/c1-5(2)3-4-6;1-3-4-2/h5-6H,3-4H2,1-2H3;1-2H3. The van der Waals surface area contributed by atoms with Gasteiger partial charge in [-0.05, 0) is 26.2 Å². The predicted octanol–water partition coefficient (Wildman–Crippen LogP) is 2.05. The van der Waals surface area contributed by atoms with Gasteiger partial charge in [0.25, 0.3) is 0 Å². The lowest BCUT2D eigenvalue weighted by Crippen LogP contribution is -1.89. The second kappa shape index (κ2) is 11.3. The van der Waals surface area contributed by atoms with Crippen LogP contribution in [0.25, 0.3) is 0 Å². The zero-order chi connectivity index (χ0) is 8.41. The molecule has 60 valence electrons. The van der Waals surface area contributed by atoms with Crippen molar-refractivity contribution in [1.29, 1.82) is 0 Å². The van der Waals surface area contributed by atoms with Gasteiger partial charge in [-0.2, -0.15) is 0 Å². The Morgan fingerprint density at radius 3 is 1.60 bits per heavy atom. The van der Waals surface area contributed by atoms with E-state index in [4.69, 9.17) is 5.11 Å². The minimum atomic E-state index is 0.331. The molecule has 0 aliphatic carbocycles. The van der Waals surface area contributed by atoms with Crippen LogP contribution in [-0.4, -0.2) is 11.7 Å². The molecule has 0 aliphatic rings. The molecular formula is C9H18O. The number of hydrogen-bond acceptors (Lipinski definition) is 1. The Bertz CT molecular complexity index is 89.0. The van der Waals surface area contributed by atoms with E-state index in [2.05, 4.69) is 25.7 Å². The molecular weight excluding hydrogens is 124 g/mol. The maximum Gasteiger partial charge on any atom is 0.0433 e. The maximum absolute atomic E-state index is 8.24. The number of rotatable bonds is 2. The molecule has 1 nitrogen and oxygen atoms in total. The molecule has 0 amide bonds. The molecule has 0 spiro atoms. The summed E-state index contributed by atoms with van der Waals surface area (Å²) in [7, 11) is 0. The largest absolute Gasteiger partial charge is 0.396 e. The second-order valence-corrected chi connectivity index (χ2v) is 2.41. The molecule has 0 saturated heterocycles. The van der Waals surface area contributed by atoms with Crippen molar-refractivity contribution in [1.82, 2.24) is 0 Å². The third kappa shape index (κ3) is 25.8. The molecule has 0 saturated carbocycles. The summed E-state index contributed by atoms with van der Waals surface area (Å²) in [5.41, 5.74) is 0. The molecule has 0 radical (unpaired) electrons. The summed E-state index contributed by atoms with van der Waals surface area (Å²) in [6.07, 6.45) is 0.931. The van der Waals surface area contributed by atoms with E-state index in [1.807, 2.05) is 13.8 Å². The summed E-state index contributed by atoms with van der Waals surface area (Å²) >= 11 is 0. The first kappa shape index (κ1) is 12.2. The number of aliphatic hydroxyl groups excluding tert-OH is 1. The monoisotopic (exact) mass is 142 g/mol. The van der Waals surface area contributed by atoms with E-state index in [0.29, 0.717) is 12.5 Å². The summed E-state index contributed by atoms with van der Waals surface area (Å²) in [4.78, 5) is 0. The molecule has 0 aliphatic heterocycles. The van der Waals surface area contributed by atoms with E-state index in [-0.39, 0.29) is 0 Å². The minimum absolute atomic E-state index is 0.331. The first-order valence-electron chi connectivity index (χ1n) is 3.63. The highest BCUT2D eigenvalue weighted by Gasteiger charge is 1.86. The van der Waals surface area contributed by atoms with E-state index in [1.165, 1.54) is 0 Å². The van der Waals surface area contributed by atoms with Gasteiger partial charge in [0.15, 0.2) is 0 Å². The molecule has 0 fully saturated rings. The summed E-state index contributed by atoms with van der Waals surface area (Å²) in [6.45, 7) is 8.16. The lowest BCUT2D eigenvalue weighted by atomic mass is 10.2. The van der Waals surface area contributed by atoms with Crippen LogP contribution in [0, 0.1) is 17.8 Å². The summed E-state index contributed by atoms with van der Waals surface area (Å²) in [5, 5.41) is 8.24. The number of aliphatic hydroxyl groups is 1. The Balaban J connectivity index is 0. The highest BCUT2D eigenvalue weighted by Crippen LogP contribution is 1.94. The Kier molecular flexibility index (Phi) is 13.9. The van der Waals surface area contributed by atoms with Gasteiger partial charge in [0, 0.05) is 6.61 Å². The zero-order valence-corrected chi connectivity index (χ0v) is 7.44. The fourth-order valence-corrected chi connectivity index (χ4v) is 0.258. The Morgan fingerprint density at radius 2 is 1.60 bits per heavy atom. The lowest BCUT2D eigenvalue weighted by molar-refractivity contribution is 0.268. The van der Waals surface area contributed by atoms with Crippen LogP contribution in [0.2, 0.25) is 0 Å². The predicted molar refractivity (Wildman–Crippen MR) is 45.7 cm³/mol. The van der Waals surface area contributed by atoms with Crippen LogP contribution in [0.4, 0.5) is 0 Å². The van der Waals surface area contributed by atoms with E-state index < -0.39 is 0 Å². The zero-order valence-electron chi connectivity index (χ0n) is 7.44. The van der Waals surface area contributed by atoms with E-state index >= 15 is 0 Å². The molecule has 0 aromatic heterocycles. The van der Waals surface area contributed by atoms with Crippen LogP contribution in [0.3, 0.4) is 0 Å². The quantitative estimate of drug-likeness (QED) is 0.585. The van der Waals surface area contributed by atoms with Gasteiger partial charge in [0.05, 0.1) is 0 Å². The fourth-order valence-electron chi connectivity index (χ4n) is 0.258. The van der Waals surface area contributed by atoms with Gasteiger partial charge in [0.2, 0.25) is 0 Å². The number of hydrogen-bond donors (Lipinski definition) is 1. The van der Waals surface area contributed by atoms with Crippen molar-refractivity contribution in [3.05, 3.63) is 0 Å². The van der Waals surface area contributed by atoms with Crippen LogP contribution < -0.4 is 0 Å². The van der Waals surface area contributed by atoms with Crippen LogP contribution in [0.15, 0.2) is 0 Å². The van der Waals surface area contributed by atoms with Gasteiger partial charge in [-0.1, -0.05) is 13.8 Å². The van der Waals surface area contributed by atoms with Crippen molar-refractivity contribution in [2.45, 2.75) is 34.1 Å². The smallest absolute Gasteiger partial charge is 0.0433 e. The second-order valence-electron chi connectivity index (χ2n) is 2.41. The molecule has 1 heteroatoms. The SMILES string of the molecule is CC#CC.CC(C)CCO. The summed E-state index contributed by atoms with van der Waals surface area (Å²) in [5.74, 6) is 6.01. The molecule has 0 aromatic rings. The topological polar surface area (TPSA) is 20.2 Å². The highest BCUT2D eigenvalue weighted by molar-refractivity contribution is 4.89. The highest BCUT2D eigenvalue weighted by atomic mass is 16.2. The minimum Gasteiger partial charge on any atom is -0.396 e. The Morgan fingerprint density at radius 1 is 1.20 bits per heavy atom. The molecule has 0 heterocycles. The van der Waals surface area contributed by atoms with Gasteiger partial charge in [-0.15, -0.1) is 11.8 Å². The first-order valence-corrected chi connectivity index (χ1v) is 3.63. The van der Waals surface area contributed by atoms with Crippen LogP contribution in [-0.2, 0) is 0 Å². The van der Waals surface area contributed by atoms with Gasteiger partial charge < -0.3 is 5.11 Å². The molecule has 0 bridgehead atoms. The van der Waals surface area contributed by atoms with Crippen molar-refractivity contribution in [3.63, 3.8) is 0 Å². The van der Waals surface area contributed by atoms with E-state index in [9.17, 15) is 0 Å². The van der Waals surface area contributed by atoms with Crippen LogP contribution in [0.5, 0.6) is 0 Å². The fraction of sp³-hybridized carbons (Fsp3) is 0.778. The van der Waals surface area contributed by atoms with Crippen molar-refractivity contribution in [2.24, 2.45) is 5.92 Å². The van der Waals surface area contributed by atoms with Crippen LogP contribution >= 0.6 is 0 Å². The molecule has 0 aromatic carbocycles. The molecule has 10 heavy (non-hydrogen) atoms. The van der Waals surface area contributed by atoms with Crippen molar-refractivity contribution in [3.8, 4) is 11.8 Å².